The second kappa shape index (κ2) is 6.99. The van der Waals surface area contributed by atoms with Crippen LogP contribution in [0.5, 0.6) is 0 Å². The Hall–Kier alpha value is -2.16. The third-order valence-corrected chi connectivity index (χ3v) is 6.60. The number of carbonyl (C=O) groups is 1. The minimum atomic E-state index is -2.99. The summed E-state index contributed by atoms with van der Waals surface area (Å²) in [6.45, 7) is 1.82. The highest BCUT2D eigenvalue weighted by atomic mass is 32.2. The van der Waals surface area contributed by atoms with Gasteiger partial charge in [-0.05, 0) is 37.3 Å². The first kappa shape index (κ1) is 17.7. The Bertz CT molecular complexity index is 787. The molecule has 136 valence electrons. The van der Waals surface area contributed by atoms with Gasteiger partial charge in [-0.1, -0.05) is 0 Å². The van der Waals surface area contributed by atoms with Crippen LogP contribution in [0.25, 0.3) is 0 Å². The number of nitrogens with zero attached hydrogens (tertiary/aromatic N) is 2. The SMILES string of the molecule is O=C(NCC1CCS(=O)(=O)C1)c1ccc(N2CCCC2)c([N+](=O)[O-])c1. The zero-order chi connectivity index (χ0) is 18.0. The highest BCUT2D eigenvalue weighted by Gasteiger charge is 2.28. The molecule has 0 spiro atoms. The van der Waals surface area contributed by atoms with Crippen LogP contribution in [-0.4, -0.2) is 50.4 Å². The van der Waals surface area contributed by atoms with Crippen molar-refractivity contribution in [1.29, 1.82) is 0 Å². The van der Waals surface area contributed by atoms with Crippen molar-refractivity contribution in [3.63, 3.8) is 0 Å². The Labute approximate surface area is 146 Å². The van der Waals surface area contributed by atoms with E-state index >= 15 is 0 Å². The molecule has 1 N–H and O–H groups in total. The van der Waals surface area contributed by atoms with Gasteiger partial charge in [-0.3, -0.25) is 14.9 Å². The summed E-state index contributed by atoms with van der Waals surface area (Å²) in [7, 11) is -2.99. The predicted octanol–water partition coefficient (Wildman–Crippen LogP) is 1.36. The second-order valence-electron chi connectivity index (χ2n) is 6.63. The number of sulfone groups is 1. The zero-order valence-corrected chi connectivity index (χ0v) is 14.6. The molecule has 8 nitrogen and oxygen atoms in total. The molecule has 2 aliphatic rings. The van der Waals surface area contributed by atoms with Gasteiger partial charge in [0.15, 0.2) is 9.84 Å². The second-order valence-corrected chi connectivity index (χ2v) is 8.86. The Morgan fingerprint density at radius 2 is 2.04 bits per heavy atom. The summed E-state index contributed by atoms with van der Waals surface area (Å²) < 4.78 is 22.9. The molecule has 1 unspecified atom stereocenters. The number of carbonyl (C=O) groups excluding carboxylic acids is 1. The lowest BCUT2D eigenvalue weighted by Crippen LogP contribution is -2.30. The molecule has 0 saturated carbocycles. The Morgan fingerprint density at radius 1 is 1.32 bits per heavy atom. The first-order chi connectivity index (χ1) is 11.9. The lowest BCUT2D eigenvalue weighted by molar-refractivity contribution is -0.384. The summed E-state index contributed by atoms with van der Waals surface area (Å²) in [5.74, 6) is -0.265. The molecule has 1 aromatic carbocycles. The third kappa shape index (κ3) is 4.09. The van der Waals surface area contributed by atoms with E-state index in [0.717, 1.165) is 25.9 Å². The van der Waals surface area contributed by atoms with E-state index in [1.165, 1.54) is 6.07 Å². The summed E-state index contributed by atoms with van der Waals surface area (Å²) >= 11 is 0. The number of amides is 1. The van der Waals surface area contributed by atoms with Crippen LogP contribution >= 0.6 is 0 Å². The van der Waals surface area contributed by atoms with Crippen molar-refractivity contribution < 1.29 is 18.1 Å². The largest absolute Gasteiger partial charge is 0.366 e. The number of rotatable bonds is 5. The van der Waals surface area contributed by atoms with E-state index in [-0.39, 0.29) is 35.2 Å². The maximum Gasteiger partial charge on any atom is 0.293 e. The lowest BCUT2D eigenvalue weighted by atomic mass is 10.1. The van der Waals surface area contributed by atoms with E-state index in [2.05, 4.69) is 5.32 Å². The smallest absolute Gasteiger partial charge is 0.293 e. The van der Waals surface area contributed by atoms with E-state index in [9.17, 15) is 23.3 Å². The Balaban J connectivity index is 1.70. The van der Waals surface area contributed by atoms with Gasteiger partial charge < -0.3 is 10.2 Å². The number of hydrogen-bond donors (Lipinski definition) is 1. The molecule has 1 atom stereocenters. The summed E-state index contributed by atoms with van der Waals surface area (Å²) in [6, 6.07) is 4.51. The van der Waals surface area contributed by atoms with Crippen molar-refractivity contribution in [2.45, 2.75) is 19.3 Å². The fourth-order valence-electron chi connectivity index (χ4n) is 3.41. The van der Waals surface area contributed by atoms with E-state index in [1.54, 1.807) is 12.1 Å². The van der Waals surface area contributed by atoms with Crippen molar-refractivity contribution in [3.8, 4) is 0 Å². The van der Waals surface area contributed by atoms with Gasteiger partial charge >= 0.3 is 0 Å². The predicted molar refractivity (Wildman–Crippen MR) is 93.6 cm³/mol. The van der Waals surface area contributed by atoms with E-state index in [1.807, 2.05) is 4.90 Å². The standard InChI is InChI=1S/C16H21N3O5S/c20-16(17-10-12-5-8-25(23,24)11-12)13-3-4-14(15(9-13)19(21)22)18-6-1-2-7-18/h3-4,9,12H,1-2,5-8,10-11H2,(H,17,20). The lowest BCUT2D eigenvalue weighted by Gasteiger charge is -2.18. The van der Waals surface area contributed by atoms with Crippen molar-refractivity contribution in [1.82, 2.24) is 5.32 Å². The minimum absolute atomic E-state index is 0.0713. The van der Waals surface area contributed by atoms with Crippen LogP contribution in [0.3, 0.4) is 0 Å². The number of nitrogens with one attached hydrogen (secondary N) is 1. The van der Waals surface area contributed by atoms with Gasteiger partial charge in [0, 0.05) is 31.3 Å². The number of hydrogen-bond acceptors (Lipinski definition) is 6. The van der Waals surface area contributed by atoms with Crippen LogP contribution in [0.4, 0.5) is 11.4 Å². The van der Waals surface area contributed by atoms with Crippen LogP contribution in [0, 0.1) is 16.0 Å². The summed E-state index contributed by atoms with van der Waals surface area (Å²) in [5, 5.41) is 14.1. The quantitative estimate of drug-likeness (QED) is 0.621. The minimum Gasteiger partial charge on any atom is -0.366 e. The molecule has 2 saturated heterocycles. The van der Waals surface area contributed by atoms with Crippen LogP contribution < -0.4 is 10.2 Å². The summed E-state index contributed by atoms with van der Waals surface area (Å²) in [6.07, 6.45) is 2.55. The number of nitro benzene ring substituents is 1. The van der Waals surface area contributed by atoms with Gasteiger partial charge in [0.2, 0.25) is 0 Å². The van der Waals surface area contributed by atoms with Crippen LogP contribution in [-0.2, 0) is 9.84 Å². The Morgan fingerprint density at radius 3 is 2.64 bits per heavy atom. The first-order valence-corrected chi connectivity index (χ1v) is 10.2. The fraction of sp³-hybridized carbons (Fsp3) is 0.562. The van der Waals surface area contributed by atoms with E-state index in [0.29, 0.717) is 12.1 Å². The van der Waals surface area contributed by atoms with E-state index in [4.69, 9.17) is 0 Å². The van der Waals surface area contributed by atoms with Gasteiger partial charge in [0.05, 0.1) is 16.4 Å². The van der Waals surface area contributed by atoms with Crippen LogP contribution in [0.2, 0.25) is 0 Å². The van der Waals surface area contributed by atoms with Crippen LogP contribution in [0.15, 0.2) is 18.2 Å². The zero-order valence-electron chi connectivity index (χ0n) is 13.8. The molecule has 2 aliphatic heterocycles. The maximum absolute atomic E-state index is 12.3. The average molecular weight is 367 g/mol. The number of anilines is 1. The molecule has 1 amide bonds. The molecule has 0 aromatic heterocycles. The molecule has 9 heteroatoms. The van der Waals surface area contributed by atoms with Gasteiger partial charge in [-0.25, -0.2) is 8.42 Å². The van der Waals surface area contributed by atoms with Crippen LogP contribution in [0.1, 0.15) is 29.6 Å². The van der Waals surface area contributed by atoms with Gasteiger partial charge in [0.1, 0.15) is 5.69 Å². The molecule has 25 heavy (non-hydrogen) atoms. The van der Waals surface area contributed by atoms with Crippen molar-refractivity contribution in [2.24, 2.45) is 5.92 Å². The third-order valence-electron chi connectivity index (χ3n) is 4.76. The maximum atomic E-state index is 12.3. The highest BCUT2D eigenvalue weighted by molar-refractivity contribution is 7.91. The molecule has 0 radical (unpaired) electrons. The molecule has 3 rings (SSSR count). The molecular formula is C16H21N3O5S. The topological polar surface area (TPSA) is 110 Å². The molecule has 0 bridgehead atoms. The molecule has 2 fully saturated rings. The monoisotopic (exact) mass is 367 g/mol. The average Bonchev–Trinajstić information content (AvgIpc) is 3.21. The summed E-state index contributed by atoms with van der Waals surface area (Å²) in [5.41, 5.74) is 0.689. The van der Waals surface area contributed by atoms with Crippen molar-refractivity contribution in [3.05, 3.63) is 33.9 Å². The Kier molecular flexibility index (Phi) is 4.94. The highest BCUT2D eigenvalue weighted by Crippen LogP contribution is 2.31. The van der Waals surface area contributed by atoms with Gasteiger partial charge in [-0.2, -0.15) is 0 Å². The fourth-order valence-corrected chi connectivity index (χ4v) is 5.27. The molecule has 0 aliphatic carbocycles. The molecule has 2 heterocycles. The van der Waals surface area contributed by atoms with E-state index < -0.39 is 20.7 Å². The number of nitro groups is 1. The number of benzene rings is 1. The first-order valence-electron chi connectivity index (χ1n) is 8.38. The van der Waals surface area contributed by atoms with Gasteiger partial charge in [-0.15, -0.1) is 0 Å². The molecular weight excluding hydrogens is 346 g/mol. The molecule has 1 aromatic rings. The van der Waals surface area contributed by atoms with Crippen molar-refractivity contribution >= 4 is 27.1 Å². The normalized spacial score (nSPS) is 22.1. The summed E-state index contributed by atoms with van der Waals surface area (Å²) in [4.78, 5) is 25.1. The van der Waals surface area contributed by atoms with Crippen molar-refractivity contribution in [2.75, 3.05) is 36.0 Å². The van der Waals surface area contributed by atoms with Gasteiger partial charge in [0.25, 0.3) is 11.6 Å².